The molecule has 76 valence electrons. The Balaban J connectivity index is 2.52. The van der Waals surface area contributed by atoms with Gasteiger partial charge in [-0.1, -0.05) is 0 Å². The average Bonchev–Trinajstić information content (AvgIpc) is 2.92. The van der Waals surface area contributed by atoms with Crippen LogP contribution < -0.4 is 17.0 Å². The van der Waals surface area contributed by atoms with Gasteiger partial charge in [0, 0.05) is 19.7 Å². The monoisotopic (exact) mass is 195 g/mol. The highest BCUT2D eigenvalue weighted by molar-refractivity contribution is 5.25. The van der Waals surface area contributed by atoms with Gasteiger partial charge in [0.05, 0.1) is 0 Å². The molecular weight excluding hydrogens is 182 g/mol. The highest BCUT2D eigenvalue weighted by Crippen LogP contribution is 2.29. The number of rotatable bonds is 2. The Bertz CT molecular complexity index is 468. The van der Waals surface area contributed by atoms with E-state index in [4.69, 9.17) is 5.73 Å². The van der Waals surface area contributed by atoms with Gasteiger partial charge in [0.25, 0.3) is 5.56 Å². The van der Waals surface area contributed by atoms with Crippen LogP contribution in [0.2, 0.25) is 0 Å². The standard InChI is InChI=1S/C9H13N3O2/c1-11-7(10)4-8(13)12(9(11)14)5-6-2-3-6/h4,6H,2-3,5,10H2,1H3. The van der Waals surface area contributed by atoms with Gasteiger partial charge >= 0.3 is 5.69 Å². The van der Waals surface area contributed by atoms with Crippen molar-refractivity contribution in [2.75, 3.05) is 5.73 Å². The summed E-state index contributed by atoms with van der Waals surface area (Å²) in [5, 5.41) is 0. The molecule has 0 radical (unpaired) electrons. The third-order valence-electron chi connectivity index (χ3n) is 2.58. The Morgan fingerprint density at radius 3 is 2.71 bits per heavy atom. The molecule has 0 spiro atoms. The Kier molecular flexibility index (Phi) is 1.94. The molecule has 2 rings (SSSR count). The lowest BCUT2D eigenvalue weighted by molar-refractivity contribution is 0.552. The minimum Gasteiger partial charge on any atom is -0.385 e. The van der Waals surface area contributed by atoms with Crippen LogP contribution in [0.15, 0.2) is 15.7 Å². The first-order valence-electron chi connectivity index (χ1n) is 4.66. The molecule has 14 heavy (non-hydrogen) atoms. The summed E-state index contributed by atoms with van der Waals surface area (Å²) in [7, 11) is 1.57. The zero-order chi connectivity index (χ0) is 10.3. The maximum absolute atomic E-state index is 11.6. The van der Waals surface area contributed by atoms with Crippen LogP contribution in [0.25, 0.3) is 0 Å². The van der Waals surface area contributed by atoms with Gasteiger partial charge in [-0.2, -0.15) is 0 Å². The van der Waals surface area contributed by atoms with Gasteiger partial charge in [0.2, 0.25) is 0 Å². The van der Waals surface area contributed by atoms with Crippen molar-refractivity contribution >= 4 is 5.82 Å². The smallest absolute Gasteiger partial charge is 0.332 e. The van der Waals surface area contributed by atoms with Crippen LogP contribution in [0, 0.1) is 5.92 Å². The number of anilines is 1. The maximum Gasteiger partial charge on any atom is 0.332 e. The molecule has 1 fully saturated rings. The molecule has 0 aromatic carbocycles. The number of hydrogen-bond donors (Lipinski definition) is 1. The molecule has 0 bridgehead atoms. The summed E-state index contributed by atoms with van der Waals surface area (Å²) >= 11 is 0. The minimum atomic E-state index is -0.318. The van der Waals surface area contributed by atoms with E-state index in [2.05, 4.69) is 0 Å². The first-order valence-corrected chi connectivity index (χ1v) is 4.66. The van der Waals surface area contributed by atoms with Crippen molar-refractivity contribution in [3.8, 4) is 0 Å². The minimum absolute atomic E-state index is 0.215. The van der Waals surface area contributed by atoms with Crippen molar-refractivity contribution in [2.24, 2.45) is 13.0 Å². The summed E-state index contributed by atoms with van der Waals surface area (Å²) in [6, 6.07) is 1.30. The fraction of sp³-hybridized carbons (Fsp3) is 0.556. The van der Waals surface area contributed by atoms with Crippen molar-refractivity contribution in [2.45, 2.75) is 19.4 Å². The summed E-state index contributed by atoms with van der Waals surface area (Å²) in [6.45, 7) is 0.534. The summed E-state index contributed by atoms with van der Waals surface area (Å²) in [5.41, 5.74) is 4.87. The number of nitrogen functional groups attached to an aromatic ring is 1. The highest BCUT2D eigenvalue weighted by atomic mass is 16.2. The molecule has 0 unspecified atom stereocenters. The maximum atomic E-state index is 11.6. The Morgan fingerprint density at radius 1 is 1.50 bits per heavy atom. The second-order valence-corrected chi connectivity index (χ2v) is 3.80. The fourth-order valence-electron chi connectivity index (χ4n) is 1.41. The van der Waals surface area contributed by atoms with Gasteiger partial charge in [-0.05, 0) is 18.8 Å². The van der Waals surface area contributed by atoms with Crippen molar-refractivity contribution in [1.82, 2.24) is 9.13 Å². The van der Waals surface area contributed by atoms with Crippen LogP contribution in [0.1, 0.15) is 12.8 Å². The fourth-order valence-corrected chi connectivity index (χ4v) is 1.41. The van der Waals surface area contributed by atoms with Gasteiger partial charge in [0.1, 0.15) is 5.82 Å². The number of nitrogens with zero attached hydrogens (tertiary/aromatic N) is 2. The largest absolute Gasteiger partial charge is 0.385 e. The first-order chi connectivity index (χ1) is 6.59. The van der Waals surface area contributed by atoms with E-state index in [1.54, 1.807) is 7.05 Å². The predicted molar refractivity (Wildman–Crippen MR) is 53.1 cm³/mol. The number of nitrogens with two attached hydrogens (primary N) is 1. The zero-order valence-corrected chi connectivity index (χ0v) is 8.06. The van der Waals surface area contributed by atoms with Crippen LogP contribution in [-0.2, 0) is 13.6 Å². The summed E-state index contributed by atoms with van der Waals surface area (Å²) < 4.78 is 2.55. The van der Waals surface area contributed by atoms with Crippen LogP contribution >= 0.6 is 0 Å². The Morgan fingerprint density at radius 2 is 2.14 bits per heavy atom. The van der Waals surface area contributed by atoms with E-state index in [1.807, 2.05) is 0 Å². The van der Waals surface area contributed by atoms with Crippen LogP contribution in [0.5, 0.6) is 0 Å². The average molecular weight is 195 g/mol. The van der Waals surface area contributed by atoms with Crippen molar-refractivity contribution in [3.63, 3.8) is 0 Å². The normalized spacial score (nSPS) is 15.8. The van der Waals surface area contributed by atoms with E-state index < -0.39 is 0 Å². The predicted octanol–water partition coefficient (Wildman–Crippen LogP) is -0.461. The van der Waals surface area contributed by atoms with Gasteiger partial charge in [0.15, 0.2) is 0 Å². The molecule has 5 nitrogen and oxygen atoms in total. The molecule has 1 aromatic heterocycles. The molecule has 2 N–H and O–H groups in total. The molecule has 1 aromatic rings. The quantitative estimate of drug-likeness (QED) is 0.694. The SMILES string of the molecule is Cn1c(N)cc(=O)n(CC2CC2)c1=O. The highest BCUT2D eigenvalue weighted by Gasteiger charge is 2.23. The number of aromatic nitrogens is 2. The Labute approximate surface area is 80.8 Å². The molecule has 1 saturated carbocycles. The molecule has 0 saturated heterocycles. The van der Waals surface area contributed by atoms with Crippen molar-refractivity contribution in [3.05, 3.63) is 26.9 Å². The van der Waals surface area contributed by atoms with Gasteiger partial charge in [-0.15, -0.1) is 0 Å². The van der Waals surface area contributed by atoms with Crippen LogP contribution in [0.4, 0.5) is 5.82 Å². The lowest BCUT2D eigenvalue weighted by Gasteiger charge is -2.07. The van der Waals surface area contributed by atoms with Crippen molar-refractivity contribution < 1.29 is 0 Å². The van der Waals surface area contributed by atoms with Gasteiger partial charge < -0.3 is 5.73 Å². The third kappa shape index (κ3) is 1.45. The van der Waals surface area contributed by atoms with Gasteiger partial charge in [-0.3, -0.25) is 13.9 Å². The van der Waals surface area contributed by atoms with E-state index in [9.17, 15) is 9.59 Å². The van der Waals surface area contributed by atoms with E-state index in [0.29, 0.717) is 12.5 Å². The van der Waals surface area contributed by atoms with E-state index in [1.165, 1.54) is 15.2 Å². The molecule has 1 aliphatic rings. The van der Waals surface area contributed by atoms with E-state index in [-0.39, 0.29) is 17.1 Å². The molecule has 5 heteroatoms. The third-order valence-corrected chi connectivity index (χ3v) is 2.58. The molecular formula is C9H13N3O2. The summed E-state index contributed by atoms with van der Waals surface area (Å²) in [4.78, 5) is 23.1. The molecule has 1 heterocycles. The van der Waals surface area contributed by atoms with E-state index >= 15 is 0 Å². The van der Waals surface area contributed by atoms with Gasteiger partial charge in [-0.25, -0.2) is 4.79 Å². The van der Waals surface area contributed by atoms with Crippen LogP contribution in [-0.4, -0.2) is 9.13 Å². The topological polar surface area (TPSA) is 70.0 Å². The molecule has 0 aliphatic heterocycles. The zero-order valence-electron chi connectivity index (χ0n) is 8.06. The summed E-state index contributed by atoms with van der Waals surface area (Å²) in [6.07, 6.45) is 2.22. The lowest BCUT2D eigenvalue weighted by atomic mass is 10.4. The molecule has 0 amide bonds. The molecule has 0 atom stereocenters. The first kappa shape index (κ1) is 9.05. The van der Waals surface area contributed by atoms with E-state index in [0.717, 1.165) is 12.8 Å². The van der Waals surface area contributed by atoms with Crippen LogP contribution in [0.3, 0.4) is 0 Å². The summed E-state index contributed by atoms with van der Waals surface area (Å²) in [5.74, 6) is 0.719. The lowest BCUT2D eigenvalue weighted by Crippen LogP contribution is -2.39. The number of hydrogen-bond acceptors (Lipinski definition) is 3. The molecule has 1 aliphatic carbocycles. The second kappa shape index (κ2) is 3.01. The second-order valence-electron chi connectivity index (χ2n) is 3.80. The Hall–Kier alpha value is -1.52. The van der Waals surface area contributed by atoms with Crippen molar-refractivity contribution in [1.29, 1.82) is 0 Å².